The molecule has 2 heterocycles. The number of nitrogens with zero attached hydrogens (tertiary/aromatic N) is 6. The van der Waals surface area contributed by atoms with Gasteiger partial charge in [0.2, 0.25) is 0 Å². The van der Waals surface area contributed by atoms with Crippen LogP contribution in [0.25, 0.3) is 0 Å². The molecule has 0 amide bonds. The van der Waals surface area contributed by atoms with Crippen molar-refractivity contribution in [1.82, 2.24) is 19.1 Å². The van der Waals surface area contributed by atoms with Gasteiger partial charge < -0.3 is 37.6 Å². The average Bonchev–Trinajstić information content (AvgIpc) is 3.57. The highest BCUT2D eigenvalue weighted by Gasteiger charge is 2.51. The molecule has 310 valence electrons. The van der Waals surface area contributed by atoms with Crippen molar-refractivity contribution in [2.45, 2.75) is 76.3 Å². The van der Waals surface area contributed by atoms with Gasteiger partial charge in [0.15, 0.2) is 12.0 Å². The van der Waals surface area contributed by atoms with Crippen LogP contribution < -0.4 is 15.0 Å². The Morgan fingerprint density at radius 1 is 0.914 bits per heavy atom. The van der Waals surface area contributed by atoms with Gasteiger partial charge in [0.25, 0.3) is 14.1 Å². The van der Waals surface area contributed by atoms with Crippen LogP contribution in [0.5, 0.6) is 11.5 Å². The van der Waals surface area contributed by atoms with Gasteiger partial charge in [0.05, 0.1) is 46.3 Å². The van der Waals surface area contributed by atoms with Crippen molar-refractivity contribution in [1.29, 1.82) is 5.26 Å². The zero-order valence-electron chi connectivity index (χ0n) is 34.7. The third-order valence-electron chi connectivity index (χ3n) is 9.59. The van der Waals surface area contributed by atoms with E-state index in [0.29, 0.717) is 11.5 Å². The van der Waals surface area contributed by atoms with Crippen molar-refractivity contribution in [3.63, 3.8) is 0 Å². The molecule has 1 fully saturated rings. The predicted octanol–water partition coefficient (Wildman–Crippen LogP) is 7.06. The van der Waals surface area contributed by atoms with Crippen LogP contribution in [-0.2, 0) is 28.9 Å². The summed E-state index contributed by atoms with van der Waals surface area (Å²) in [6.07, 6.45) is -0.245. The summed E-state index contributed by atoms with van der Waals surface area (Å²) in [4.78, 5) is 24.2. The predicted molar refractivity (Wildman–Crippen MR) is 223 cm³/mol. The van der Waals surface area contributed by atoms with E-state index in [9.17, 15) is 10.1 Å². The summed E-state index contributed by atoms with van der Waals surface area (Å²) in [7, 11) is 6.71. The molecule has 1 aliphatic rings. The molecule has 15 heteroatoms. The van der Waals surface area contributed by atoms with E-state index in [1.807, 2.05) is 93.0 Å². The van der Waals surface area contributed by atoms with Crippen molar-refractivity contribution in [2.75, 3.05) is 48.6 Å². The highest BCUT2D eigenvalue weighted by Crippen LogP contribution is 2.51. The first-order chi connectivity index (χ1) is 28.0. The first-order valence-corrected chi connectivity index (χ1v) is 20.3. The maximum Gasteiger partial charge on any atom is 0.259 e. The van der Waals surface area contributed by atoms with E-state index in [4.69, 9.17) is 32.7 Å². The van der Waals surface area contributed by atoms with Gasteiger partial charge in [-0.1, -0.05) is 54.6 Å². The summed E-state index contributed by atoms with van der Waals surface area (Å²) in [5, 5.41) is 9.40. The van der Waals surface area contributed by atoms with Crippen LogP contribution in [0.15, 0.2) is 101 Å². The van der Waals surface area contributed by atoms with E-state index in [0.717, 1.165) is 16.7 Å². The van der Waals surface area contributed by atoms with Gasteiger partial charge in [-0.25, -0.2) is 14.6 Å². The molecule has 14 nitrogen and oxygen atoms in total. The molecule has 4 aromatic rings. The molecule has 0 radical (unpaired) electrons. The van der Waals surface area contributed by atoms with Crippen LogP contribution in [-0.4, -0.2) is 104 Å². The topological polar surface area (TPSA) is 142 Å². The summed E-state index contributed by atoms with van der Waals surface area (Å²) >= 11 is 0. The third kappa shape index (κ3) is 10.3. The molecule has 1 aromatic heterocycles. The van der Waals surface area contributed by atoms with Crippen LogP contribution >= 0.6 is 8.53 Å². The van der Waals surface area contributed by atoms with E-state index in [2.05, 4.69) is 48.4 Å². The third-order valence-corrected chi connectivity index (χ3v) is 11.7. The Bertz CT molecular complexity index is 1950. The lowest BCUT2D eigenvalue weighted by molar-refractivity contribution is -0.0956. The zero-order valence-corrected chi connectivity index (χ0v) is 35.6. The maximum atomic E-state index is 13.8. The van der Waals surface area contributed by atoms with E-state index < -0.39 is 38.7 Å². The summed E-state index contributed by atoms with van der Waals surface area (Å²) in [5.74, 6) is 1.64. The Morgan fingerprint density at radius 2 is 1.50 bits per heavy atom. The molecule has 0 bridgehead atoms. The van der Waals surface area contributed by atoms with Crippen LogP contribution in [0.4, 0.5) is 5.82 Å². The number of aromatic nitrogens is 2. The fourth-order valence-electron chi connectivity index (χ4n) is 6.96. The number of rotatable bonds is 20. The molecule has 2 unspecified atom stereocenters. The normalized spacial score (nSPS) is 18.9. The molecule has 5 atom stereocenters. The Kier molecular flexibility index (Phi) is 15.9. The van der Waals surface area contributed by atoms with E-state index >= 15 is 0 Å². The number of ether oxygens (including phenoxy) is 5. The van der Waals surface area contributed by atoms with Crippen LogP contribution in [0, 0.1) is 11.3 Å². The molecule has 0 spiro atoms. The number of hydrogen-bond acceptors (Lipinski definition) is 12. The minimum atomic E-state index is -1.77. The van der Waals surface area contributed by atoms with Gasteiger partial charge in [0.1, 0.15) is 41.7 Å². The number of nitriles is 1. The standard InChI is InChI=1S/C43H55N6O8P/c1-30(2)49(31(3)4)58(55-25-13-24-44)57-40-37(56-42(41(40)53-9)48-29-46-38(26-39(48)50)45-28-47(5)6)27-54-43(32-14-11-10-12-15-32,33-16-20-35(51-7)21-17-33)34-18-22-36(52-8)23-19-34/h10-12,14-23,26,28-31,37,40-42H,13,25,27H2,1-9H3/t37-,40+,41?,42-,58?/m1/s1. The van der Waals surface area contributed by atoms with Gasteiger partial charge in [-0.05, 0) is 68.7 Å². The van der Waals surface area contributed by atoms with E-state index in [1.165, 1.54) is 17.0 Å². The van der Waals surface area contributed by atoms with Crippen molar-refractivity contribution in [3.05, 3.63) is 118 Å². The Morgan fingerprint density at radius 3 is 2.00 bits per heavy atom. The molecular formula is C43H55N6O8P. The Labute approximate surface area is 342 Å². The monoisotopic (exact) mass is 814 g/mol. The van der Waals surface area contributed by atoms with Crippen molar-refractivity contribution in [2.24, 2.45) is 4.99 Å². The lowest BCUT2D eigenvalue weighted by atomic mass is 9.80. The summed E-state index contributed by atoms with van der Waals surface area (Å²) < 4.78 is 48.3. The smallest absolute Gasteiger partial charge is 0.259 e. The number of hydrogen-bond donors (Lipinski definition) is 0. The minimum absolute atomic E-state index is 0.0217. The second-order valence-electron chi connectivity index (χ2n) is 14.4. The molecule has 3 aromatic carbocycles. The quantitative estimate of drug-likeness (QED) is 0.0296. The first kappa shape index (κ1) is 44.4. The first-order valence-electron chi connectivity index (χ1n) is 19.2. The molecule has 1 aliphatic heterocycles. The highest BCUT2D eigenvalue weighted by atomic mass is 31.2. The van der Waals surface area contributed by atoms with Gasteiger partial charge >= 0.3 is 0 Å². The molecular weight excluding hydrogens is 759 g/mol. The van der Waals surface area contributed by atoms with Crippen LogP contribution in [0.2, 0.25) is 0 Å². The van der Waals surface area contributed by atoms with Gasteiger partial charge in [-0.2, -0.15) is 5.26 Å². The fraction of sp³-hybridized carbons (Fsp3) is 0.442. The second kappa shape index (κ2) is 20.8. The molecule has 5 rings (SSSR count). The summed E-state index contributed by atoms with van der Waals surface area (Å²) in [5.41, 5.74) is 0.975. The number of methoxy groups -OCH3 is 3. The summed E-state index contributed by atoms with van der Waals surface area (Å²) in [6.45, 7) is 8.41. The van der Waals surface area contributed by atoms with E-state index in [1.54, 1.807) is 32.6 Å². The van der Waals surface area contributed by atoms with Crippen molar-refractivity contribution >= 4 is 20.7 Å². The lowest BCUT2D eigenvalue weighted by Gasteiger charge is -2.39. The van der Waals surface area contributed by atoms with Crippen LogP contribution in [0.1, 0.15) is 57.0 Å². The fourth-order valence-corrected chi connectivity index (χ4v) is 8.73. The van der Waals surface area contributed by atoms with Crippen LogP contribution in [0.3, 0.4) is 0 Å². The molecule has 0 aliphatic carbocycles. The number of benzene rings is 3. The molecule has 58 heavy (non-hydrogen) atoms. The van der Waals surface area contributed by atoms with Crippen molar-refractivity contribution in [3.8, 4) is 17.6 Å². The lowest BCUT2D eigenvalue weighted by Crippen LogP contribution is -2.43. The average molecular weight is 815 g/mol. The van der Waals surface area contributed by atoms with Gasteiger partial charge in [0, 0.05) is 39.4 Å². The highest BCUT2D eigenvalue weighted by molar-refractivity contribution is 7.44. The van der Waals surface area contributed by atoms with E-state index in [-0.39, 0.29) is 43.1 Å². The summed E-state index contributed by atoms with van der Waals surface area (Å²) in [6, 6.07) is 29.1. The Balaban J connectivity index is 1.64. The zero-order chi connectivity index (χ0) is 41.8. The minimum Gasteiger partial charge on any atom is -0.497 e. The Hall–Kier alpha value is -4.71. The maximum absolute atomic E-state index is 13.8. The molecule has 1 saturated heterocycles. The van der Waals surface area contributed by atoms with Gasteiger partial charge in [-0.15, -0.1) is 0 Å². The largest absolute Gasteiger partial charge is 0.497 e. The molecule has 0 saturated carbocycles. The SMILES string of the molecule is COc1ccc(C(OC[C@H]2O[C@@H](n3cnc(N=CN(C)C)cc3=O)C(OC)[C@H]2OP(OCCC#N)N(C(C)C)C(C)C)(c2ccccc2)c2ccc(OC)cc2)cc1. The van der Waals surface area contributed by atoms with Crippen molar-refractivity contribution < 1.29 is 32.7 Å². The molecule has 0 N–H and O–H groups in total. The number of aliphatic imine (C=N–C) groups is 1. The second-order valence-corrected chi connectivity index (χ2v) is 15.8. The van der Waals surface area contributed by atoms with Gasteiger partial charge in [-0.3, -0.25) is 9.36 Å².